The van der Waals surface area contributed by atoms with Crippen LogP contribution in [-0.2, 0) is 23.5 Å². The van der Waals surface area contributed by atoms with Crippen molar-refractivity contribution in [3.05, 3.63) is 60.7 Å². The van der Waals surface area contributed by atoms with Gasteiger partial charge in [0.2, 0.25) is 11.8 Å². The summed E-state index contributed by atoms with van der Waals surface area (Å²) >= 11 is 3.18. The zero-order valence-electron chi connectivity index (χ0n) is 22.0. The van der Waals surface area contributed by atoms with Crippen molar-refractivity contribution in [1.29, 1.82) is 0 Å². The average Bonchev–Trinajstić information content (AvgIpc) is 2.86. The number of carbonyl (C=O) groups is 3. The molecule has 0 spiro atoms. The standard InChI is InChI=1S/C27H37BrN2O6Si/c1-19(31)24(30-23(32)16-17-28)25(33)29-22(26(34)35-5)18-36-37(27(2,3)4,20-12-8-6-9-13-20)21-14-10-7-11-15-21/h6-15,19,22,24,31H,16-18H2,1-5H3,(H,29,33)(H,30,32)/t19-,22-,24+/m1/s1. The van der Waals surface area contributed by atoms with Crippen LogP contribution >= 0.6 is 15.9 Å². The SMILES string of the molecule is COC(=O)[C@@H](CO[Si](c1ccccc1)(c1ccccc1)C(C)(C)C)NC(=O)[C@@H](NC(=O)CCBr)[C@@H](C)O. The summed E-state index contributed by atoms with van der Waals surface area (Å²) in [6.45, 7) is 7.55. The normalized spacial score (nSPS) is 14.2. The van der Waals surface area contributed by atoms with E-state index in [-0.39, 0.29) is 18.1 Å². The predicted molar refractivity (Wildman–Crippen MR) is 150 cm³/mol. The van der Waals surface area contributed by atoms with Gasteiger partial charge in [0.15, 0.2) is 0 Å². The van der Waals surface area contributed by atoms with Crippen molar-refractivity contribution in [3.63, 3.8) is 0 Å². The summed E-state index contributed by atoms with van der Waals surface area (Å²) < 4.78 is 11.7. The van der Waals surface area contributed by atoms with Gasteiger partial charge in [0.05, 0.1) is 19.8 Å². The highest BCUT2D eigenvalue weighted by molar-refractivity contribution is 9.09. The minimum Gasteiger partial charge on any atom is -0.467 e. The van der Waals surface area contributed by atoms with Crippen molar-refractivity contribution in [1.82, 2.24) is 10.6 Å². The number of hydrogen-bond acceptors (Lipinski definition) is 6. The van der Waals surface area contributed by atoms with Crippen LogP contribution < -0.4 is 21.0 Å². The Hall–Kier alpha value is -2.53. The molecule has 8 nitrogen and oxygen atoms in total. The van der Waals surface area contributed by atoms with Crippen molar-refractivity contribution in [2.45, 2.75) is 57.3 Å². The number of carbonyl (C=O) groups excluding carboxylic acids is 3. The van der Waals surface area contributed by atoms with Crippen molar-refractivity contribution in [2.75, 3.05) is 19.0 Å². The maximum Gasteiger partial charge on any atom is 0.330 e. The lowest BCUT2D eigenvalue weighted by atomic mass is 10.1. The number of rotatable bonds is 12. The molecule has 2 aromatic carbocycles. The lowest BCUT2D eigenvalue weighted by molar-refractivity contribution is -0.146. The Labute approximate surface area is 228 Å². The van der Waals surface area contributed by atoms with Crippen LogP contribution in [0.25, 0.3) is 0 Å². The second-order valence-electron chi connectivity index (χ2n) is 9.78. The van der Waals surface area contributed by atoms with Gasteiger partial charge >= 0.3 is 5.97 Å². The first kappa shape index (κ1) is 30.7. The van der Waals surface area contributed by atoms with Crippen molar-refractivity contribution < 1.29 is 28.7 Å². The molecule has 0 aliphatic carbocycles. The Balaban J connectivity index is 2.43. The molecule has 0 aliphatic heterocycles. The van der Waals surface area contributed by atoms with Gasteiger partial charge in [-0.05, 0) is 22.3 Å². The van der Waals surface area contributed by atoms with Crippen LogP contribution in [0.5, 0.6) is 0 Å². The molecule has 2 amide bonds. The minimum atomic E-state index is -2.99. The maximum absolute atomic E-state index is 13.1. The quantitative estimate of drug-likeness (QED) is 0.197. The highest BCUT2D eigenvalue weighted by Gasteiger charge is 2.50. The Bertz CT molecular complexity index is 991. The van der Waals surface area contributed by atoms with Crippen LogP contribution in [0.4, 0.5) is 0 Å². The molecule has 0 fully saturated rings. The van der Waals surface area contributed by atoms with Gasteiger partial charge in [0.25, 0.3) is 8.32 Å². The van der Waals surface area contributed by atoms with E-state index < -0.39 is 44.3 Å². The Morgan fingerprint density at radius 1 is 0.973 bits per heavy atom. The Kier molecular flexibility index (Phi) is 11.5. The molecule has 2 aromatic rings. The van der Waals surface area contributed by atoms with E-state index in [2.05, 4.69) is 47.3 Å². The van der Waals surface area contributed by atoms with Crippen LogP contribution in [0.2, 0.25) is 5.04 Å². The lowest BCUT2D eigenvalue weighted by Gasteiger charge is -2.43. The van der Waals surface area contributed by atoms with Crippen LogP contribution in [-0.4, -0.2) is 68.4 Å². The number of hydrogen-bond donors (Lipinski definition) is 3. The molecule has 0 aliphatic rings. The number of halogens is 1. The predicted octanol–water partition coefficient (Wildman–Crippen LogP) is 1.87. The third-order valence-electron chi connectivity index (χ3n) is 6.09. The van der Waals surface area contributed by atoms with Crippen molar-refractivity contribution >= 4 is 52.4 Å². The number of aliphatic hydroxyl groups excluding tert-OH is 1. The van der Waals surface area contributed by atoms with Gasteiger partial charge in [-0.1, -0.05) is 97.4 Å². The summed E-state index contributed by atoms with van der Waals surface area (Å²) in [5, 5.41) is 17.4. The van der Waals surface area contributed by atoms with Crippen LogP contribution in [0.3, 0.4) is 0 Å². The van der Waals surface area contributed by atoms with Crippen LogP contribution in [0, 0.1) is 0 Å². The van der Waals surface area contributed by atoms with E-state index in [1.807, 2.05) is 60.7 Å². The fraction of sp³-hybridized carbons (Fsp3) is 0.444. The first-order chi connectivity index (χ1) is 17.5. The van der Waals surface area contributed by atoms with Gasteiger partial charge in [-0.2, -0.15) is 0 Å². The number of nitrogens with one attached hydrogen (secondary N) is 2. The number of alkyl halides is 1. The Morgan fingerprint density at radius 3 is 1.89 bits per heavy atom. The van der Waals surface area contributed by atoms with Crippen molar-refractivity contribution in [3.8, 4) is 0 Å². The van der Waals surface area contributed by atoms with Crippen LogP contribution in [0.15, 0.2) is 60.7 Å². The van der Waals surface area contributed by atoms with Gasteiger partial charge < -0.3 is 24.9 Å². The van der Waals surface area contributed by atoms with E-state index in [4.69, 9.17) is 9.16 Å². The van der Waals surface area contributed by atoms with Gasteiger partial charge in [-0.15, -0.1) is 0 Å². The van der Waals surface area contributed by atoms with E-state index in [0.717, 1.165) is 10.4 Å². The smallest absolute Gasteiger partial charge is 0.330 e. The highest BCUT2D eigenvalue weighted by Crippen LogP contribution is 2.36. The third kappa shape index (κ3) is 7.73. The zero-order chi connectivity index (χ0) is 27.6. The second-order valence-corrected chi connectivity index (χ2v) is 14.9. The fourth-order valence-electron chi connectivity index (χ4n) is 4.28. The molecule has 0 radical (unpaired) electrons. The summed E-state index contributed by atoms with van der Waals surface area (Å²) in [4.78, 5) is 37.9. The van der Waals surface area contributed by atoms with Gasteiger partial charge in [-0.25, -0.2) is 4.79 Å². The topological polar surface area (TPSA) is 114 Å². The van der Waals surface area contributed by atoms with E-state index in [1.165, 1.54) is 14.0 Å². The van der Waals surface area contributed by atoms with E-state index in [9.17, 15) is 19.5 Å². The van der Waals surface area contributed by atoms with Gasteiger partial charge in [0.1, 0.15) is 12.1 Å². The molecule has 0 bridgehead atoms. The lowest BCUT2D eigenvalue weighted by Crippen LogP contribution is -2.68. The molecule has 0 saturated heterocycles. The zero-order valence-corrected chi connectivity index (χ0v) is 24.6. The molecule has 0 heterocycles. The largest absolute Gasteiger partial charge is 0.467 e. The number of aliphatic hydroxyl groups is 1. The first-order valence-electron chi connectivity index (χ1n) is 12.1. The van der Waals surface area contributed by atoms with Gasteiger partial charge in [0, 0.05) is 11.8 Å². The fourth-order valence-corrected chi connectivity index (χ4v) is 9.21. The first-order valence-corrected chi connectivity index (χ1v) is 15.2. The summed E-state index contributed by atoms with van der Waals surface area (Å²) in [5.74, 6) is -1.81. The number of esters is 1. The molecule has 202 valence electrons. The monoisotopic (exact) mass is 592 g/mol. The van der Waals surface area contributed by atoms with Crippen LogP contribution in [0.1, 0.15) is 34.1 Å². The average molecular weight is 594 g/mol. The molecule has 0 unspecified atom stereocenters. The summed E-state index contributed by atoms with van der Waals surface area (Å²) in [5.41, 5.74) is 0. The van der Waals surface area contributed by atoms with E-state index >= 15 is 0 Å². The van der Waals surface area contributed by atoms with E-state index in [1.54, 1.807) is 0 Å². The molecule has 2 rings (SSSR count). The molecular weight excluding hydrogens is 556 g/mol. The minimum absolute atomic E-state index is 0.133. The number of ether oxygens (including phenoxy) is 1. The molecule has 0 aromatic heterocycles. The molecule has 3 atom stereocenters. The van der Waals surface area contributed by atoms with Gasteiger partial charge in [-0.3, -0.25) is 9.59 Å². The molecule has 3 N–H and O–H groups in total. The molecular formula is C27H37BrN2O6Si. The third-order valence-corrected chi connectivity index (χ3v) is 11.5. The Morgan fingerprint density at radius 2 is 1.49 bits per heavy atom. The molecule has 10 heteroatoms. The number of benzene rings is 2. The van der Waals surface area contributed by atoms with Crippen molar-refractivity contribution in [2.24, 2.45) is 0 Å². The molecule has 0 saturated carbocycles. The summed E-state index contributed by atoms with van der Waals surface area (Å²) in [6.07, 6.45) is -1.05. The van der Waals surface area contributed by atoms with E-state index in [0.29, 0.717) is 5.33 Å². The second kappa shape index (κ2) is 13.9. The summed E-state index contributed by atoms with van der Waals surface area (Å²) in [6, 6.07) is 17.4. The highest BCUT2D eigenvalue weighted by atomic mass is 79.9. The summed E-state index contributed by atoms with van der Waals surface area (Å²) in [7, 11) is -1.76. The molecule has 37 heavy (non-hydrogen) atoms. The number of amides is 2. The maximum atomic E-state index is 13.1. The number of methoxy groups -OCH3 is 1.